The first-order valence-corrected chi connectivity index (χ1v) is 10.5. The van der Waals surface area contributed by atoms with Crippen molar-refractivity contribution in [1.82, 2.24) is 15.5 Å². The number of nitrogens with zero attached hydrogens (tertiary/aromatic N) is 1. The highest BCUT2D eigenvalue weighted by Gasteiger charge is 2.51. The molecule has 2 aliphatic rings. The van der Waals surface area contributed by atoms with Crippen LogP contribution in [0.3, 0.4) is 0 Å². The van der Waals surface area contributed by atoms with Gasteiger partial charge in [0.15, 0.2) is 6.10 Å². The van der Waals surface area contributed by atoms with Crippen molar-refractivity contribution in [3.63, 3.8) is 0 Å². The second kappa shape index (κ2) is 9.72. The largest absolute Gasteiger partial charge is 0.451 e. The molecule has 5 amide bonds. The minimum atomic E-state index is -1.27. The van der Waals surface area contributed by atoms with E-state index in [0.717, 1.165) is 23.3 Å². The average molecular weight is 429 g/mol. The van der Waals surface area contributed by atoms with Gasteiger partial charge >= 0.3 is 12.0 Å². The average Bonchev–Trinajstić information content (AvgIpc) is 3.02. The fraction of sp³-hybridized carbons (Fsp3) is 0.500. The van der Waals surface area contributed by atoms with Gasteiger partial charge in [-0.2, -0.15) is 0 Å². The van der Waals surface area contributed by atoms with E-state index >= 15 is 0 Å². The van der Waals surface area contributed by atoms with Crippen LogP contribution in [-0.4, -0.2) is 46.8 Å². The van der Waals surface area contributed by atoms with Crippen molar-refractivity contribution in [2.24, 2.45) is 11.8 Å². The third kappa shape index (κ3) is 5.10. The molecule has 9 nitrogen and oxygen atoms in total. The minimum absolute atomic E-state index is 0.229. The third-order valence-electron chi connectivity index (χ3n) is 5.80. The Bertz CT molecular complexity index is 847. The zero-order valence-electron chi connectivity index (χ0n) is 17.6. The Morgan fingerprint density at radius 1 is 1.03 bits per heavy atom. The van der Waals surface area contributed by atoms with Gasteiger partial charge < -0.3 is 10.1 Å². The highest BCUT2D eigenvalue weighted by atomic mass is 16.5. The second-order valence-corrected chi connectivity index (χ2v) is 7.96. The predicted molar refractivity (Wildman–Crippen MR) is 109 cm³/mol. The van der Waals surface area contributed by atoms with Gasteiger partial charge in [-0.05, 0) is 32.3 Å². The molecule has 1 saturated carbocycles. The van der Waals surface area contributed by atoms with Gasteiger partial charge in [0.25, 0.3) is 5.91 Å². The first-order valence-electron chi connectivity index (χ1n) is 10.5. The number of carbonyl (C=O) groups is 5. The van der Waals surface area contributed by atoms with Crippen LogP contribution in [0.2, 0.25) is 0 Å². The van der Waals surface area contributed by atoms with Crippen LogP contribution >= 0.6 is 0 Å². The maximum absolute atomic E-state index is 12.6. The molecule has 0 bridgehead atoms. The van der Waals surface area contributed by atoms with Crippen molar-refractivity contribution < 1.29 is 28.7 Å². The van der Waals surface area contributed by atoms with Crippen LogP contribution in [-0.2, 0) is 30.5 Å². The molecule has 1 aromatic rings. The summed E-state index contributed by atoms with van der Waals surface area (Å²) >= 11 is 0. The number of imide groups is 2. The van der Waals surface area contributed by atoms with Gasteiger partial charge in [-0.15, -0.1) is 0 Å². The summed E-state index contributed by atoms with van der Waals surface area (Å²) in [5.74, 6) is -3.12. The monoisotopic (exact) mass is 429 g/mol. The van der Waals surface area contributed by atoms with E-state index in [2.05, 4.69) is 10.6 Å². The molecule has 2 N–H and O–H groups in total. The maximum atomic E-state index is 12.6. The molecule has 1 saturated heterocycles. The minimum Gasteiger partial charge on any atom is -0.451 e. The fourth-order valence-electron chi connectivity index (χ4n) is 4.04. The molecule has 3 rings (SSSR count). The number of esters is 1. The molecule has 166 valence electrons. The quantitative estimate of drug-likeness (QED) is 0.522. The number of rotatable bonds is 6. The first-order chi connectivity index (χ1) is 14.8. The normalized spacial score (nSPS) is 22.3. The maximum Gasteiger partial charge on any atom is 0.329 e. The summed E-state index contributed by atoms with van der Waals surface area (Å²) in [6.07, 6.45) is 1.79. The molecule has 1 aromatic carbocycles. The van der Waals surface area contributed by atoms with Crippen LogP contribution in [0, 0.1) is 11.8 Å². The number of urea groups is 1. The lowest BCUT2D eigenvalue weighted by atomic mass is 9.81. The summed E-state index contributed by atoms with van der Waals surface area (Å²) in [6.45, 7) is 2.96. The SMILES string of the molecule is CC(OC(=O)[C@H](C)N1C(=O)C2CCCCC2C1=O)C(=O)NC(=O)NCc1ccccc1. The molecule has 0 aromatic heterocycles. The number of hydrogen-bond donors (Lipinski definition) is 2. The van der Waals surface area contributed by atoms with Gasteiger partial charge in [0, 0.05) is 6.54 Å². The summed E-state index contributed by atoms with van der Waals surface area (Å²) in [7, 11) is 0. The van der Waals surface area contributed by atoms with E-state index in [-0.39, 0.29) is 30.2 Å². The van der Waals surface area contributed by atoms with E-state index in [1.165, 1.54) is 13.8 Å². The van der Waals surface area contributed by atoms with Crippen LogP contribution in [0.4, 0.5) is 4.79 Å². The Kier molecular flexibility index (Phi) is 7.04. The summed E-state index contributed by atoms with van der Waals surface area (Å²) in [5, 5.41) is 4.65. The van der Waals surface area contributed by atoms with Gasteiger partial charge in [0.1, 0.15) is 6.04 Å². The zero-order chi connectivity index (χ0) is 22.5. The lowest BCUT2D eigenvalue weighted by molar-refractivity contribution is -0.163. The van der Waals surface area contributed by atoms with Crippen LogP contribution in [0.5, 0.6) is 0 Å². The van der Waals surface area contributed by atoms with Crippen LogP contribution in [0.15, 0.2) is 30.3 Å². The van der Waals surface area contributed by atoms with Crippen molar-refractivity contribution in [3.05, 3.63) is 35.9 Å². The molecule has 3 unspecified atom stereocenters. The molecule has 9 heteroatoms. The number of hydrogen-bond acceptors (Lipinski definition) is 6. The van der Waals surface area contributed by atoms with E-state index in [1.807, 2.05) is 30.3 Å². The van der Waals surface area contributed by atoms with Crippen molar-refractivity contribution in [1.29, 1.82) is 0 Å². The standard InChI is InChI=1S/C22H27N3O6/c1-13(25-19(27)16-10-6-7-11-17(16)20(25)28)21(29)31-14(2)18(26)24-22(30)23-12-15-8-4-3-5-9-15/h3-5,8-9,13-14,16-17H,6-7,10-12H2,1-2H3,(H2,23,24,26,30)/t13-,14?,16?,17?/m0/s1. The fourth-order valence-corrected chi connectivity index (χ4v) is 4.04. The van der Waals surface area contributed by atoms with E-state index < -0.39 is 30.1 Å². The highest BCUT2D eigenvalue weighted by Crippen LogP contribution is 2.38. The first kappa shape index (κ1) is 22.5. The number of fused-ring (bicyclic) bond motifs is 1. The van der Waals surface area contributed by atoms with E-state index in [0.29, 0.717) is 12.8 Å². The molecule has 2 fully saturated rings. The lowest BCUT2D eigenvalue weighted by Crippen LogP contribution is -2.48. The summed E-state index contributed by atoms with van der Waals surface area (Å²) in [4.78, 5) is 62.8. The molecule has 1 heterocycles. The number of amides is 5. The molecule has 4 atom stereocenters. The van der Waals surface area contributed by atoms with Crippen molar-refractivity contribution >= 4 is 29.7 Å². The van der Waals surface area contributed by atoms with E-state index in [9.17, 15) is 24.0 Å². The van der Waals surface area contributed by atoms with Crippen molar-refractivity contribution in [2.45, 2.75) is 58.2 Å². The number of benzene rings is 1. The number of ether oxygens (including phenoxy) is 1. The Labute approximate surface area is 180 Å². The topological polar surface area (TPSA) is 122 Å². The van der Waals surface area contributed by atoms with E-state index in [4.69, 9.17) is 4.74 Å². The lowest BCUT2D eigenvalue weighted by Gasteiger charge is -2.23. The van der Waals surface area contributed by atoms with Crippen LogP contribution in [0.25, 0.3) is 0 Å². The number of likely N-dealkylation sites (tertiary alicyclic amines) is 1. The van der Waals surface area contributed by atoms with Crippen molar-refractivity contribution in [2.75, 3.05) is 0 Å². The summed E-state index contributed by atoms with van der Waals surface area (Å²) < 4.78 is 5.12. The molecule has 0 spiro atoms. The van der Waals surface area contributed by atoms with Gasteiger partial charge in [0.2, 0.25) is 11.8 Å². The number of nitrogens with one attached hydrogen (secondary N) is 2. The van der Waals surface area contributed by atoms with Crippen LogP contribution < -0.4 is 10.6 Å². The van der Waals surface area contributed by atoms with Gasteiger partial charge in [-0.25, -0.2) is 9.59 Å². The van der Waals surface area contributed by atoms with Gasteiger partial charge in [0.05, 0.1) is 11.8 Å². The molecule has 1 aliphatic heterocycles. The highest BCUT2D eigenvalue weighted by molar-refractivity contribution is 6.08. The molecular weight excluding hydrogens is 402 g/mol. The van der Waals surface area contributed by atoms with Gasteiger partial charge in [-0.1, -0.05) is 43.2 Å². The molecular formula is C22H27N3O6. The predicted octanol–water partition coefficient (Wildman–Crippen LogP) is 1.51. The molecule has 31 heavy (non-hydrogen) atoms. The summed E-state index contributed by atoms with van der Waals surface area (Å²) in [5.41, 5.74) is 0.860. The second-order valence-electron chi connectivity index (χ2n) is 7.96. The Morgan fingerprint density at radius 3 is 2.19 bits per heavy atom. The summed E-state index contributed by atoms with van der Waals surface area (Å²) in [6, 6.07) is 7.30. The Hall–Kier alpha value is -3.23. The van der Waals surface area contributed by atoms with Crippen LogP contribution in [0.1, 0.15) is 45.1 Å². The van der Waals surface area contributed by atoms with E-state index in [1.54, 1.807) is 0 Å². The number of carbonyl (C=O) groups excluding carboxylic acids is 5. The smallest absolute Gasteiger partial charge is 0.329 e. The third-order valence-corrected chi connectivity index (χ3v) is 5.80. The molecule has 1 aliphatic carbocycles. The Morgan fingerprint density at radius 2 is 1.61 bits per heavy atom. The van der Waals surface area contributed by atoms with Gasteiger partial charge in [-0.3, -0.25) is 24.6 Å². The van der Waals surface area contributed by atoms with Crippen molar-refractivity contribution in [3.8, 4) is 0 Å². The Balaban J connectivity index is 1.49. The molecule has 0 radical (unpaired) electrons. The zero-order valence-corrected chi connectivity index (χ0v) is 17.6.